The predicted molar refractivity (Wildman–Crippen MR) is 43.4 cm³/mol. The highest BCUT2D eigenvalue weighted by Crippen LogP contribution is 2.26. The molecule has 0 radical (unpaired) electrons. The van der Waals surface area contributed by atoms with E-state index in [1.165, 1.54) is 0 Å². The maximum absolute atomic E-state index is 9.96. The molecule has 82 valence electrons. The highest BCUT2D eigenvalue weighted by molar-refractivity contribution is 4.85. The third-order valence-electron chi connectivity index (χ3n) is 2.32. The lowest BCUT2D eigenvalue weighted by Gasteiger charge is -2.42. The van der Waals surface area contributed by atoms with Gasteiger partial charge in [0.2, 0.25) is 12.1 Å². The van der Waals surface area contributed by atoms with Crippen LogP contribution in [-0.2, 0) is 18.9 Å². The molecule has 6 nitrogen and oxygen atoms in total. The van der Waals surface area contributed by atoms with Gasteiger partial charge in [-0.25, -0.2) is 0 Å². The Labute approximate surface area is 81.3 Å². The van der Waals surface area contributed by atoms with Crippen LogP contribution in [0.2, 0.25) is 0 Å². The number of aliphatic hydroxyl groups is 2. The fourth-order valence-corrected chi connectivity index (χ4v) is 1.53. The maximum atomic E-state index is 9.96. The summed E-state index contributed by atoms with van der Waals surface area (Å²) in [4.78, 5) is 0. The molecule has 2 N–H and O–H groups in total. The van der Waals surface area contributed by atoms with E-state index in [4.69, 9.17) is 18.9 Å². The standard InChI is InChI=1S/C8H14O6/c9-7-8(10,14-4-3-13-7)6-5-11-1-2-12-6/h6-7,9-10H,1-5H2. The normalized spacial score (nSPS) is 45.0. The first-order valence-corrected chi connectivity index (χ1v) is 4.59. The van der Waals surface area contributed by atoms with E-state index in [9.17, 15) is 10.2 Å². The van der Waals surface area contributed by atoms with Crippen LogP contribution in [0.1, 0.15) is 0 Å². The molecule has 3 atom stereocenters. The number of aliphatic hydroxyl groups excluding tert-OH is 1. The SMILES string of the molecule is OC1OCCOC1(O)C1COCCO1. The summed E-state index contributed by atoms with van der Waals surface area (Å²) in [5, 5.41) is 19.4. The summed E-state index contributed by atoms with van der Waals surface area (Å²) in [5.41, 5.74) is 0. The van der Waals surface area contributed by atoms with Crippen molar-refractivity contribution in [3.8, 4) is 0 Å². The second-order valence-electron chi connectivity index (χ2n) is 3.26. The molecule has 2 aliphatic heterocycles. The molecule has 0 bridgehead atoms. The molecule has 2 saturated heterocycles. The summed E-state index contributed by atoms with van der Waals surface area (Å²) in [6.45, 7) is 1.55. The summed E-state index contributed by atoms with van der Waals surface area (Å²) in [5.74, 6) is -1.81. The molecule has 3 unspecified atom stereocenters. The fraction of sp³-hybridized carbons (Fsp3) is 1.00. The number of hydrogen-bond donors (Lipinski definition) is 2. The van der Waals surface area contributed by atoms with Crippen molar-refractivity contribution < 1.29 is 29.2 Å². The molecule has 14 heavy (non-hydrogen) atoms. The van der Waals surface area contributed by atoms with Gasteiger partial charge in [0, 0.05) is 0 Å². The summed E-state index contributed by atoms with van der Waals surface area (Å²) < 4.78 is 20.4. The Bertz CT molecular complexity index is 192. The summed E-state index contributed by atoms with van der Waals surface area (Å²) >= 11 is 0. The minimum Gasteiger partial charge on any atom is -0.376 e. The largest absolute Gasteiger partial charge is 0.376 e. The van der Waals surface area contributed by atoms with Crippen LogP contribution in [-0.4, -0.2) is 61.4 Å². The van der Waals surface area contributed by atoms with Gasteiger partial charge in [-0.2, -0.15) is 0 Å². The van der Waals surface area contributed by atoms with Gasteiger partial charge < -0.3 is 29.2 Å². The molecule has 0 aromatic carbocycles. The van der Waals surface area contributed by atoms with Crippen LogP contribution >= 0.6 is 0 Å². The average molecular weight is 206 g/mol. The lowest BCUT2D eigenvalue weighted by atomic mass is 10.1. The van der Waals surface area contributed by atoms with E-state index in [0.29, 0.717) is 13.2 Å². The Hall–Kier alpha value is -0.240. The van der Waals surface area contributed by atoms with Gasteiger partial charge in [0.1, 0.15) is 6.10 Å². The highest BCUT2D eigenvalue weighted by Gasteiger charge is 2.49. The topological polar surface area (TPSA) is 77.4 Å². The second-order valence-corrected chi connectivity index (χ2v) is 3.26. The van der Waals surface area contributed by atoms with Gasteiger partial charge in [-0.05, 0) is 0 Å². The summed E-state index contributed by atoms with van der Waals surface area (Å²) in [7, 11) is 0. The monoisotopic (exact) mass is 206 g/mol. The molecular formula is C8H14O6. The first-order valence-electron chi connectivity index (χ1n) is 4.59. The van der Waals surface area contributed by atoms with Crippen molar-refractivity contribution in [1.82, 2.24) is 0 Å². The molecule has 0 saturated carbocycles. The van der Waals surface area contributed by atoms with Crippen LogP contribution in [0.3, 0.4) is 0 Å². The number of ether oxygens (including phenoxy) is 4. The van der Waals surface area contributed by atoms with Crippen molar-refractivity contribution in [1.29, 1.82) is 0 Å². The quantitative estimate of drug-likeness (QED) is 0.541. The molecule has 0 aromatic rings. The maximum Gasteiger partial charge on any atom is 0.247 e. The first-order chi connectivity index (χ1) is 6.73. The van der Waals surface area contributed by atoms with E-state index in [-0.39, 0.29) is 19.8 Å². The van der Waals surface area contributed by atoms with Crippen molar-refractivity contribution in [2.45, 2.75) is 18.2 Å². The van der Waals surface area contributed by atoms with Gasteiger partial charge in [-0.3, -0.25) is 0 Å². The van der Waals surface area contributed by atoms with E-state index < -0.39 is 18.2 Å². The van der Waals surface area contributed by atoms with Crippen molar-refractivity contribution in [2.24, 2.45) is 0 Å². The Balaban J connectivity index is 2.03. The fourth-order valence-electron chi connectivity index (χ4n) is 1.53. The van der Waals surface area contributed by atoms with Crippen LogP contribution in [0.15, 0.2) is 0 Å². The van der Waals surface area contributed by atoms with Crippen LogP contribution in [0.5, 0.6) is 0 Å². The minimum absolute atomic E-state index is 0.191. The summed E-state index contributed by atoms with van der Waals surface area (Å²) in [6.07, 6.45) is -2.09. The molecule has 0 spiro atoms. The highest BCUT2D eigenvalue weighted by atomic mass is 16.7. The molecule has 2 rings (SSSR count). The molecule has 0 aromatic heterocycles. The number of rotatable bonds is 1. The summed E-state index contributed by atoms with van der Waals surface area (Å²) in [6, 6.07) is 0. The van der Waals surface area contributed by atoms with Crippen LogP contribution < -0.4 is 0 Å². The Morgan fingerprint density at radius 2 is 1.86 bits per heavy atom. The minimum atomic E-state index is -1.81. The molecule has 6 heteroatoms. The lowest BCUT2D eigenvalue weighted by Crippen LogP contribution is -2.61. The third kappa shape index (κ3) is 1.77. The zero-order chi connectivity index (χ0) is 10.0. The van der Waals surface area contributed by atoms with Gasteiger partial charge in [0.05, 0.1) is 33.0 Å². The average Bonchev–Trinajstić information content (AvgIpc) is 2.24. The van der Waals surface area contributed by atoms with Gasteiger partial charge in [-0.15, -0.1) is 0 Å². The Morgan fingerprint density at radius 1 is 1.07 bits per heavy atom. The smallest absolute Gasteiger partial charge is 0.247 e. The van der Waals surface area contributed by atoms with Crippen molar-refractivity contribution in [3.63, 3.8) is 0 Å². The van der Waals surface area contributed by atoms with Crippen molar-refractivity contribution in [3.05, 3.63) is 0 Å². The molecule has 0 amide bonds. The van der Waals surface area contributed by atoms with Crippen LogP contribution in [0, 0.1) is 0 Å². The molecule has 2 fully saturated rings. The van der Waals surface area contributed by atoms with Crippen LogP contribution in [0.25, 0.3) is 0 Å². The van der Waals surface area contributed by atoms with Crippen LogP contribution in [0.4, 0.5) is 0 Å². The Morgan fingerprint density at radius 3 is 2.50 bits per heavy atom. The van der Waals surface area contributed by atoms with Gasteiger partial charge >= 0.3 is 0 Å². The van der Waals surface area contributed by atoms with Crippen molar-refractivity contribution >= 4 is 0 Å². The van der Waals surface area contributed by atoms with Crippen molar-refractivity contribution in [2.75, 3.05) is 33.0 Å². The van der Waals surface area contributed by atoms with E-state index in [1.54, 1.807) is 0 Å². The van der Waals surface area contributed by atoms with Gasteiger partial charge in [0.15, 0.2) is 0 Å². The van der Waals surface area contributed by atoms with E-state index in [0.717, 1.165) is 0 Å². The van der Waals surface area contributed by atoms with E-state index in [2.05, 4.69) is 0 Å². The molecule has 2 aliphatic rings. The zero-order valence-corrected chi connectivity index (χ0v) is 7.72. The molecule has 2 heterocycles. The first kappa shape index (κ1) is 10.3. The lowest BCUT2D eigenvalue weighted by molar-refractivity contribution is -0.398. The number of hydrogen-bond acceptors (Lipinski definition) is 6. The van der Waals surface area contributed by atoms with E-state index >= 15 is 0 Å². The predicted octanol–water partition coefficient (Wildman–Crippen LogP) is -1.54. The van der Waals surface area contributed by atoms with E-state index in [1.807, 2.05) is 0 Å². The zero-order valence-electron chi connectivity index (χ0n) is 7.72. The third-order valence-corrected chi connectivity index (χ3v) is 2.32. The Kier molecular flexibility index (Phi) is 3.01. The molecular weight excluding hydrogens is 192 g/mol. The van der Waals surface area contributed by atoms with Gasteiger partial charge in [0.25, 0.3) is 0 Å². The van der Waals surface area contributed by atoms with Gasteiger partial charge in [-0.1, -0.05) is 0 Å². The second kappa shape index (κ2) is 4.09. The molecule has 0 aliphatic carbocycles.